The van der Waals surface area contributed by atoms with Crippen LogP contribution in [0.3, 0.4) is 0 Å². The Hall–Kier alpha value is -1.43. The topological polar surface area (TPSA) is 84.6 Å². The zero-order valence-corrected chi connectivity index (χ0v) is 11.2. The molecule has 5 heteroatoms. The van der Waals surface area contributed by atoms with E-state index in [1.807, 2.05) is 30.3 Å². The average Bonchev–Trinajstić information content (AvgIpc) is 2.45. The Morgan fingerprint density at radius 1 is 1.42 bits per heavy atom. The van der Waals surface area contributed by atoms with Crippen LogP contribution in [0.15, 0.2) is 30.3 Å². The van der Waals surface area contributed by atoms with Crippen molar-refractivity contribution in [3.8, 4) is 0 Å². The predicted molar refractivity (Wildman–Crippen MR) is 73.5 cm³/mol. The number of aliphatic hydroxyl groups is 1. The summed E-state index contributed by atoms with van der Waals surface area (Å²) in [5.41, 5.74) is 6.65. The minimum Gasteiger partial charge on any atom is -0.394 e. The average molecular weight is 266 g/mol. The molecule has 0 aliphatic carbocycles. The van der Waals surface area contributed by atoms with E-state index in [4.69, 9.17) is 10.5 Å². The number of nitrogens with two attached hydrogens (primary N) is 1. The number of nitrogens with one attached hydrogen (secondary N) is 1. The van der Waals surface area contributed by atoms with Crippen molar-refractivity contribution in [3.63, 3.8) is 0 Å². The molecule has 0 aliphatic heterocycles. The van der Waals surface area contributed by atoms with Crippen LogP contribution in [0.25, 0.3) is 0 Å². The first kappa shape index (κ1) is 15.6. The molecule has 0 heterocycles. The van der Waals surface area contributed by atoms with Gasteiger partial charge in [-0.05, 0) is 18.4 Å². The lowest BCUT2D eigenvalue weighted by Crippen LogP contribution is -2.43. The van der Waals surface area contributed by atoms with Gasteiger partial charge < -0.3 is 20.9 Å². The number of amides is 1. The van der Waals surface area contributed by atoms with E-state index in [1.165, 1.54) is 0 Å². The summed E-state index contributed by atoms with van der Waals surface area (Å²) in [7, 11) is 1.61. The second kappa shape index (κ2) is 8.63. The van der Waals surface area contributed by atoms with Gasteiger partial charge >= 0.3 is 0 Å². The Labute approximate surface area is 113 Å². The normalized spacial score (nSPS) is 13.8. The van der Waals surface area contributed by atoms with Crippen molar-refractivity contribution in [1.82, 2.24) is 5.32 Å². The molecular formula is C14H22N2O3. The highest BCUT2D eigenvalue weighted by atomic mass is 16.5. The van der Waals surface area contributed by atoms with Gasteiger partial charge in [0.05, 0.1) is 18.7 Å². The second-order valence-electron chi connectivity index (χ2n) is 4.40. The van der Waals surface area contributed by atoms with Crippen molar-refractivity contribution in [2.75, 3.05) is 20.3 Å². The molecule has 4 N–H and O–H groups in total. The van der Waals surface area contributed by atoms with Crippen molar-refractivity contribution in [2.24, 2.45) is 5.73 Å². The lowest BCUT2D eigenvalue weighted by Gasteiger charge is -2.19. The summed E-state index contributed by atoms with van der Waals surface area (Å²) in [6.07, 6.45) is 1.30. The Morgan fingerprint density at radius 3 is 2.68 bits per heavy atom. The Morgan fingerprint density at radius 2 is 2.11 bits per heavy atom. The van der Waals surface area contributed by atoms with E-state index in [0.29, 0.717) is 13.0 Å². The Balaban J connectivity index is 2.49. The molecule has 1 aromatic carbocycles. The fourth-order valence-electron chi connectivity index (χ4n) is 1.78. The molecule has 1 rings (SSSR count). The van der Waals surface area contributed by atoms with E-state index in [2.05, 4.69) is 5.32 Å². The van der Waals surface area contributed by atoms with Crippen LogP contribution in [-0.2, 0) is 9.53 Å². The van der Waals surface area contributed by atoms with E-state index in [-0.39, 0.29) is 12.5 Å². The third kappa shape index (κ3) is 5.38. The number of carbonyl (C=O) groups is 1. The highest BCUT2D eigenvalue weighted by Gasteiger charge is 2.18. The molecule has 0 bridgehead atoms. The molecule has 19 heavy (non-hydrogen) atoms. The van der Waals surface area contributed by atoms with E-state index in [9.17, 15) is 9.90 Å². The number of hydrogen-bond acceptors (Lipinski definition) is 4. The molecule has 5 nitrogen and oxygen atoms in total. The van der Waals surface area contributed by atoms with Crippen molar-refractivity contribution >= 4 is 5.91 Å². The molecule has 0 saturated carbocycles. The van der Waals surface area contributed by atoms with Crippen molar-refractivity contribution in [2.45, 2.75) is 24.9 Å². The van der Waals surface area contributed by atoms with Crippen LogP contribution in [0.2, 0.25) is 0 Å². The molecule has 0 aliphatic rings. The van der Waals surface area contributed by atoms with E-state index in [0.717, 1.165) is 12.0 Å². The summed E-state index contributed by atoms with van der Waals surface area (Å²) in [6.45, 7) is 0.434. The maximum absolute atomic E-state index is 11.9. The third-order valence-electron chi connectivity index (χ3n) is 2.90. The first-order valence-corrected chi connectivity index (χ1v) is 6.39. The van der Waals surface area contributed by atoms with Gasteiger partial charge in [0.1, 0.15) is 0 Å². The third-order valence-corrected chi connectivity index (χ3v) is 2.90. The van der Waals surface area contributed by atoms with Gasteiger partial charge in [0.2, 0.25) is 5.91 Å². The molecule has 106 valence electrons. The largest absolute Gasteiger partial charge is 0.394 e. The zero-order valence-electron chi connectivity index (χ0n) is 11.2. The van der Waals surface area contributed by atoms with Crippen molar-refractivity contribution < 1.29 is 14.6 Å². The maximum Gasteiger partial charge on any atom is 0.237 e. The fourth-order valence-corrected chi connectivity index (χ4v) is 1.78. The molecule has 0 aromatic heterocycles. The lowest BCUT2D eigenvalue weighted by molar-refractivity contribution is -0.123. The van der Waals surface area contributed by atoms with Crippen LogP contribution < -0.4 is 11.1 Å². The molecular weight excluding hydrogens is 244 g/mol. The van der Waals surface area contributed by atoms with Gasteiger partial charge in [-0.1, -0.05) is 30.3 Å². The van der Waals surface area contributed by atoms with Gasteiger partial charge in [0.25, 0.3) is 0 Å². The van der Waals surface area contributed by atoms with Gasteiger partial charge in [-0.2, -0.15) is 0 Å². The highest BCUT2D eigenvalue weighted by Crippen LogP contribution is 2.11. The quantitative estimate of drug-likeness (QED) is 0.601. The summed E-state index contributed by atoms with van der Waals surface area (Å²) in [5, 5.41) is 12.1. The van der Waals surface area contributed by atoms with Crippen LogP contribution in [-0.4, -0.2) is 37.4 Å². The zero-order chi connectivity index (χ0) is 14.1. The molecule has 0 fully saturated rings. The number of aliphatic hydroxyl groups excluding tert-OH is 1. The summed E-state index contributed by atoms with van der Waals surface area (Å²) in [4.78, 5) is 11.9. The fraction of sp³-hybridized carbons (Fsp3) is 0.500. The minimum absolute atomic E-state index is 0.152. The summed E-state index contributed by atoms with van der Waals surface area (Å²) >= 11 is 0. The standard InChI is InChI=1S/C14H22N2O3/c1-19-9-5-8-12(15)14(18)16-13(10-17)11-6-3-2-4-7-11/h2-4,6-7,12-13,17H,5,8-10,15H2,1H3,(H,16,18). The summed E-state index contributed by atoms with van der Waals surface area (Å²) in [5.74, 6) is -0.251. The minimum atomic E-state index is -0.576. The molecule has 1 aromatic rings. The lowest BCUT2D eigenvalue weighted by atomic mass is 10.1. The second-order valence-corrected chi connectivity index (χ2v) is 4.40. The number of hydrogen-bond donors (Lipinski definition) is 3. The molecule has 1 amide bonds. The number of carbonyl (C=O) groups excluding carboxylic acids is 1. The monoisotopic (exact) mass is 266 g/mol. The molecule has 2 unspecified atom stereocenters. The van der Waals surface area contributed by atoms with E-state index in [1.54, 1.807) is 7.11 Å². The molecule has 0 radical (unpaired) electrons. The Kier molecular flexibility index (Phi) is 7.10. The molecule has 2 atom stereocenters. The van der Waals surface area contributed by atoms with E-state index >= 15 is 0 Å². The van der Waals surface area contributed by atoms with Gasteiger partial charge in [-0.15, -0.1) is 0 Å². The number of methoxy groups -OCH3 is 1. The van der Waals surface area contributed by atoms with Crippen molar-refractivity contribution in [1.29, 1.82) is 0 Å². The maximum atomic E-state index is 11.9. The summed E-state index contributed by atoms with van der Waals surface area (Å²) in [6, 6.07) is 8.34. The van der Waals surface area contributed by atoms with E-state index < -0.39 is 12.1 Å². The van der Waals surface area contributed by atoms with Gasteiger partial charge in [-0.3, -0.25) is 4.79 Å². The number of ether oxygens (including phenoxy) is 1. The van der Waals surface area contributed by atoms with Crippen molar-refractivity contribution in [3.05, 3.63) is 35.9 Å². The Bertz CT molecular complexity index is 370. The van der Waals surface area contributed by atoms with Crippen LogP contribution >= 0.6 is 0 Å². The van der Waals surface area contributed by atoms with Crippen LogP contribution in [0.4, 0.5) is 0 Å². The van der Waals surface area contributed by atoms with Gasteiger partial charge in [-0.25, -0.2) is 0 Å². The van der Waals surface area contributed by atoms with Gasteiger partial charge in [0.15, 0.2) is 0 Å². The first-order chi connectivity index (χ1) is 9.19. The van der Waals surface area contributed by atoms with Crippen LogP contribution in [0.1, 0.15) is 24.4 Å². The SMILES string of the molecule is COCCCC(N)C(=O)NC(CO)c1ccccc1. The smallest absolute Gasteiger partial charge is 0.237 e. The van der Waals surface area contributed by atoms with Crippen LogP contribution in [0, 0.1) is 0 Å². The van der Waals surface area contributed by atoms with Crippen LogP contribution in [0.5, 0.6) is 0 Å². The predicted octanol–water partition coefficient (Wildman–Crippen LogP) is 0.590. The molecule has 0 saturated heterocycles. The number of benzene rings is 1. The molecule has 0 spiro atoms. The first-order valence-electron chi connectivity index (χ1n) is 6.39. The van der Waals surface area contributed by atoms with Gasteiger partial charge in [0, 0.05) is 13.7 Å². The highest BCUT2D eigenvalue weighted by molar-refractivity contribution is 5.81. The summed E-state index contributed by atoms with van der Waals surface area (Å²) < 4.78 is 4.92. The number of rotatable bonds is 8.